The zero-order valence-corrected chi connectivity index (χ0v) is 15.2. The van der Waals surface area contributed by atoms with Crippen molar-refractivity contribution < 1.29 is 17.5 Å². The number of rotatable bonds is 6. The lowest BCUT2D eigenvalue weighted by molar-refractivity contribution is 0.0171. The van der Waals surface area contributed by atoms with Gasteiger partial charge in [-0.25, -0.2) is 9.11 Å². The molecule has 140 valence electrons. The summed E-state index contributed by atoms with van der Waals surface area (Å²) in [5.41, 5.74) is 0.907. The highest BCUT2D eigenvalue weighted by atomic mass is 32.2. The summed E-state index contributed by atoms with van der Waals surface area (Å²) in [6, 6.07) is 6.16. The van der Waals surface area contributed by atoms with E-state index in [0.717, 1.165) is 37.9 Å². The second-order valence-electron chi connectivity index (χ2n) is 6.53. The topological polar surface area (TPSA) is 61.9 Å². The number of morpholine rings is 1. The second-order valence-corrected chi connectivity index (χ2v) is 8.28. The van der Waals surface area contributed by atoms with E-state index in [4.69, 9.17) is 4.74 Å². The summed E-state index contributed by atoms with van der Waals surface area (Å²) in [4.78, 5) is 2.19. The Balaban J connectivity index is 1.71. The fourth-order valence-corrected chi connectivity index (χ4v) is 4.70. The van der Waals surface area contributed by atoms with E-state index < -0.39 is 10.2 Å². The zero-order chi connectivity index (χ0) is 17.7. The molecular weight excluding hydrogens is 345 g/mol. The van der Waals surface area contributed by atoms with Gasteiger partial charge in [0, 0.05) is 38.8 Å². The molecule has 6 nitrogen and oxygen atoms in total. The maximum absolute atomic E-state index is 13.3. The molecule has 0 aromatic heterocycles. The maximum atomic E-state index is 13.3. The van der Waals surface area contributed by atoms with Gasteiger partial charge in [-0.05, 0) is 30.5 Å². The monoisotopic (exact) mass is 371 g/mol. The average Bonchev–Trinajstić information content (AvgIpc) is 2.65. The predicted octanol–water partition coefficient (Wildman–Crippen LogP) is 1.52. The maximum Gasteiger partial charge on any atom is 0.279 e. The highest BCUT2D eigenvalue weighted by molar-refractivity contribution is 7.87. The van der Waals surface area contributed by atoms with Crippen molar-refractivity contribution in [2.75, 3.05) is 45.9 Å². The Morgan fingerprint density at radius 3 is 2.32 bits per heavy atom. The molecule has 1 N–H and O–H groups in total. The molecule has 0 radical (unpaired) electrons. The van der Waals surface area contributed by atoms with Gasteiger partial charge >= 0.3 is 0 Å². The van der Waals surface area contributed by atoms with E-state index in [9.17, 15) is 12.8 Å². The Labute approximate surface area is 149 Å². The normalized spacial score (nSPS) is 22.0. The van der Waals surface area contributed by atoms with Crippen molar-refractivity contribution in [3.8, 4) is 0 Å². The van der Waals surface area contributed by atoms with Crippen LogP contribution in [-0.4, -0.2) is 63.6 Å². The van der Waals surface area contributed by atoms with Crippen LogP contribution in [0, 0.1) is 5.82 Å². The Bertz CT molecular complexity index is 642. The van der Waals surface area contributed by atoms with E-state index in [2.05, 4.69) is 9.62 Å². The molecule has 3 rings (SSSR count). The van der Waals surface area contributed by atoms with Crippen LogP contribution >= 0.6 is 0 Å². The Kier molecular flexibility index (Phi) is 6.40. The van der Waals surface area contributed by atoms with Gasteiger partial charge in [-0.15, -0.1) is 0 Å². The molecule has 25 heavy (non-hydrogen) atoms. The highest BCUT2D eigenvalue weighted by Crippen LogP contribution is 2.22. The van der Waals surface area contributed by atoms with E-state index in [-0.39, 0.29) is 18.4 Å². The summed E-state index contributed by atoms with van der Waals surface area (Å²) in [5, 5.41) is 0. The van der Waals surface area contributed by atoms with Crippen molar-refractivity contribution in [2.45, 2.75) is 25.3 Å². The molecule has 0 amide bonds. The van der Waals surface area contributed by atoms with Crippen LogP contribution in [0.1, 0.15) is 30.9 Å². The third-order valence-electron chi connectivity index (χ3n) is 4.86. The molecule has 0 bridgehead atoms. The van der Waals surface area contributed by atoms with Crippen LogP contribution in [0.25, 0.3) is 0 Å². The number of piperidine rings is 1. The lowest BCUT2D eigenvalue weighted by atomic mass is 10.0. The number of hydrogen-bond donors (Lipinski definition) is 1. The van der Waals surface area contributed by atoms with Crippen LogP contribution in [0.3, 0.4) is 0 Å². The van der Waals surface area contributed by atoms with Gasteiger partial charge in [-0.2, -0.15) is 12.7 Å². The number of halogens is 1. The summed E-state index contributed by atoms with van der Waals surface area (Å²) in [5.74, 6) is -0.293. The quantitative estimate of drug-likeness (QED) is 0.824. The van der Waals surface area contributed by atoms with Crippen LogP contribution in [0.5, 0.6) is 0 Å². The molecule has 0 saturated carbocycles. The molecular formula is C17H26FN3O3S. The van der Waals surface area contributed by atoms with Gasteiger partial charge in [0.25, 0.3) is 10.2 Å². The first-order valence-electron chi connectivity index (χ1n) is 8.88. The highest BCUT2D eigenvalue weighted by Gasteiger charge is 2.28. The Morgan fingerprint density at radius 1 is 1.04 bits per heavy atom. The summed E-state index contributed by atoms with van der Waals surface area (Å²) in [7, 11) is -3.48. The fraction of sp³-hybridized carbons (Fsp3) is 0.647. The van der Waals surface area contributed by atoms with E-state index in [1.165, 1.54) is 16.4 Å². The van der Waals surface area contributed by atoms with Crippen molar-refractivity contribution in [2.24, 2.45) is 0 Å². The van der Waals surface area contributed by atoms with Crippen molar-refractivity contribution >= 4 is 10.2 Å². The first kappa shape index (κ1) is 18.7. The number of benzene rings is 1. The SMILES string of the molecule is O=S(=O)(NCC(c1ccc(F)cc1)N1CCOCC1)N1CCCCC1. The molecule has 1 aromatic rings. The van der Waals surface area contributed by atoms with Crippen molar-refractivity contribution in [3.05, 3.63) is 35.6 Å². The van der Waals surface area contributed by atoms with Gasteiger partial charge < -0.3 is 4.74 Å². The van der Waals surface area contributed by atoms with Gasteiger partial charge in [0.05, 0.1) is 13.2 Å². The fourth-order valence-electron chi connectivity index (χ4n) is 3.41. The van der Waals surface area contributed by atoms with Gasteiger partial charge in [0.15, 0.2) is 0 Å². The minimum atomic E-state index is -3.48. The predicted molar refractivity (Wildman–Crippen MR) is 93.9 cm³/mol. The van der Waals surface area contributed by atoms with E-state index in [1.807, 2.05) is 0 Å². The number of nitrogens with one attached hydrogen (secondary N) is 1. The number of nitrogens with zero attached hydrogens (tertiary/aromatic N) is 2. The van der Waals surface area contributed by atoms with Crippen molar-refractivity contribution in [1.29, 1.82) is 0 Å². The summed E-state index contributed by atoms with van der Waals surface area (Å²) < 4.78 is 48.1. The van der Waals surface area contributed by atoms with Crippen molar-refractivity contribution in [1.82, 2.24) is 13.9 Å². The minimum Gasteiger partial charge on any atom is -0.379 e. The van der Waals surface area contributed by atoms with Crippen LogP contribution in [-0.2, 0) is 14.9 Å². The minimum absolute atomic E-state index is 0.135. The van der Waals surface area contributed by atoms with Crippen molar-refractivity contribution in [3.63, 3.8) is 0 Å². The Hall–Kier alpha value is -1.06. The molecule has 8 heteroatoms. The molecule has 1 unspecified atom stereocenters. The first-order chi connectivity index (χ1) is 12.1. The van der Waals surface area contributed by atoms with Gasteiger partial charge in [0.1, 0.15) is 5.82 Å². The number of ether oxygens (including phenoxy) is 1. The van der Waals surface area contributed by atoms with Crippen LogP contribution in [0.4, 0.5) is 4.39 Å². The van der Waals surface area contributed by atoms with Crippen LogP contribution in [0.2, 0.25) is 0 Å². The summed E-state index contributed by atoms with van der Waals surface area (Å²) >= 11 is 0. The smallest absolute Gasteiger partial charge is 0.279 e. The van der Waals surface area contributed by atoms with Gasteiger partial charge in [-0.3, -0.25) is 4.90 Å². The second kappa shape index (κ2) is 8.55. The first-order valence-corrected chi connectivity index (χ1v) is 10.3. The van der Waals surface area contributed by atoms with Crippen LogP contribution in [0.15, 0.2) is 24.3 Å². The third kappa shape index (κ3) is 4.98. The average molecular weight is 371 g/mol. The molecule has 0 spiro atoms. The molecule has 2 aliphatic heterocycles. The van der Waals surface area contributed by atoms with E-state index in [0.29, 0.717) is 26.3 Å². The molecule has 2 fully saturated rings. The Morgan fingerprint density at radius 2 is 1.68 bits per heavy atom. The standard InChI is InChI=1S/C17H26FN3O3S/c18-16-6-4-15(5-7-16)17(20-10-12-24-13-11-20)14-19-25(22,23)21-8-2-1-3-9-21/h4-7,17,19H,1-3,8-14H2. The lowest BCUT2D eigenvalue weighted by Gasteiger charge is -2.35. The van der Waals surface area contributed by atoms with Gasteiger partial charge in [0.2, 0.25) is 0 Å². The molecule has 0 aliphatic carbocycles. The van der Waals surface area contributed by atoms with E-state index in [1.54, 1.807) is 12.1 Å². The number of hydrogen-bond acceptors (Lipinski definition) is 4. The molecule has 2 saturated heterocycles. The lowest BCUT2D eigenvalue weighted by Crippen LogP contribution is -2.48. The molecule has 1 aromatic carbocycles. The molecule has 2 aliphatic rings. The molecule has 2 heterocycles. The third-order valence-corrected chi connectivity index (χ3v) is 6.43. The molecule has 1 atom stereocenters. The van der Waals surface area contributed by atoms with E-state index >= 15 is 0 Å². The zero-order valence-electron chi connectivity index (χ0n) is 14.4. The largest absolute Gasteiger partial charge is 0.379 e. The van der Waals surface area contributed by atoms with Gasteiger partial charge in [-0.1, -0.05) is 18.6 Å². The van der Waals surface area contributed by atoms with Crippen LogP contribution < -0.4 is 4.72 Å². The summed E-state index contributed by atoms with van der Waals surface area (Å²) in [6.45, 7) is 4.13. The summed E-state index contributed by atoms with van der Waals surface area (Å²) in [6.07, 6.45) is 2.90.